The Balaban J connectivity index is 0.000000385. The van der Waals surface area contributed by atoms with Gasteiger partial charge in [0.1, 0.15) is 0 Å². The number of nitrogen functional groups attached to an aromatic ring is 1. The van der Waals surface area contributed by atoms with Crippen molar-refractivity contribution in [3.63, 3.8) is 0 Å². The van der Waals surface area contributed by atoms with Crippen LogP contribution in [0.5, 0.6) is 0 Å². The molecule has 1 aromatic rings. The second-order valence-electron chi connectivity index (χ2n) is 5.51. The first kappa shape index (κ1) is 15.3. The molecular weight excluding hydrogens is 216 g/mol. The van der Waals surface area contributed by atoms with Crippen molar-refractivity contribution in [1.29, 1.82) is 0 Å². The van der Waals surface area contributed by atoms with Gasteiger partial charge in [-0.3, -0.25) is 0 Å². The Labute approximate surface area is 105 Å². The van der Waals surface area contributed by atoms with Crippen LogP contribution in [0.15, 0.2) is 24.3 Å². The van der Waals surface area contributed by atoms with Gasteiger partial charge in [-0.05, 0) is 31.5 Å². The van der Waals surface area contributed by atoms with Crippen LogP contribution in [0.3, 0.4) is 0 Å². The van der Waals surface area contributed by atoms with Crippen molar-refractivity contribution in [3.8, 4) is 0 Å². The zero-order valence-electron chi connectivity index (χ0n) is 10.9. The lowest BCUT2D eigenvalue weighted by atomic mass is 9.96. The first-order valence-electron chi connectivity index (χ1n) is 5.37. The summed E-state index contributed by atoms with van der Waals surface area (Å²) in [6.07, 6.45) is 0. The lowest BCUT2D eigenvalue weighted by molar-refractivity contribution is 0.554. The van der Waals surface area contributed by atoms with Gasteiger partial charge in [0.15, 0.2) is 0 Å². The van der Waals surface area contributed by atoms with Crippen LogP contribution in [0.1, 0.15) is 40.2 Å². The third-order valence-electron chi connectivity index (χ3n) is 1.65. The van der Waals surface area contributed by atoms with E-state index in [1.54, 1.807) is 0 Å². The Kier molecular flexibility index (Phi) is 5.36. The van der Waals surface area contributed by atoms with Crippen molar-refractivity contribution in [2.75, 3.05) is 5.73 Å². The zero-order chi connectivity index (χ0) is 13.0. The first-order valence-corrected chi connectivity index (χ1v) is 5.82. The van der Waals surface area contributed by atoms with Gasteiger partial charge in [0.25, 0.3) is 0 Å². The minimum atomic E-state index is -0.270. The monoisotopic (exact) mass is 240 g/mol. The molecule has 0 aliphatic carbocycles. The molecule has 0 fully saturated rings. The first-order chi connectivity index (χ1) is 7.00. The number of benzene rings is 1. The summed E-state index contributed by atoms with van der Waals surface area (Å²) in [6, 6.07) is 7.64. The van der Waals surface area contributed by atoms with Gasteiger partial charge in [-0.15, -0.1) is 0 Å². The van der Waals surface area contributed by atoms with E-state index >= 15 is 0 Å². The second kappa shape index (κ2) is 5.60. The summed E-state index contributed by atoms with van der Waals surface area (Å²) in [7, 11) is 0. The molecule has 0 saturated heterocycles. The molecule has 0 aromatic heterocycles. The van der Waals surface area contributed by atoms with Crippen LogP contribution in [0.25, 0.3) is 0 Å². The third-order valence-corrected chi connectivity index (χ3v) is 1.65. The SMILES string of the molecule is CC(C)(C)S.CC(C)(N)c1ccc(N)cc1. The highest BCUT2D eigenvalue weighted by atomic mass is 32.1. The lowest BCUT2D eigenvalue weighted by Gasteiger charge is -2.18. The summed E-state index contributed by atoms with van der Waals surface area (Å²) in [5.41, 5.74) is 13.0. The quantitative estimate of drug-likeness (QED) is 0.521. The fraction of sp³-hybridized carbons (Fsp3) is 0.538. The molecule has 1 aromatic carbocycles. The third kappa shape index (κ3) is 8.62. The molecule has 0 aliphatic heterocycles. The largest absolute Gasteiger partial charge is 0.399 e. The summed E-state index contributed by atoms with van der Waals surface area (Å²) >= 11 is 4.12. The molecule has 0 heterocycles. The van der Waals surface area contributed by atoms with Gasteiger partial charge < -0.3 is 11.5 Å². The van der Waals surface area contributed by atoms with Gasteiger partial charge >= 0.3 is 0 Å². The summed E-state index contributed by atoms with van der Waals surface area (Å²) in [6.45, 7) is 10.1. The number of anilines is 1. The van der Waals surface area contributed by atoms with Crippen LogP contribution in [-0.4, -0.2) is 4.75 Å². The van der Waals surface area contributed by atoms with Gasteiger partial charge in [0, 0.05) is 16.0 Å². The van der Waals surface area contributed by atoms with E-state index in [2.05, 4.69) is 33.4 Å². The Bertz CT molecular complexity index is 298. The fourth-order valence-corrected chi connectivity index (χ4v) is 0.913. The molecule has 4 N–H and O–H groups in total. The normalized spacial score (nSPS) is 11.7. The molecule has 0 radical (unpaired) electrons. The van der Waals surface area contributed by atoms with Gasteiger partial charge in [-0.25, -0.2) is 0 Å². The Morgan fingerprint density at radius 3 is 1.50 bits per heavy atom. The number of thiol groups is 1. The summed E-state index contributed by atoms with van der Waals surface area (Å²) in [5, 5.41) is 0. The van der Waals surface area contributed by atoms with E-state index in [1.165, 1.54) is 0 Å². The minimum Gasteiger partial charge on any atom is -0.399 e. The Morgan fingerprint density at radius 2 is 1.25 bits per heavy atom. The van der Waals surface area contributed by atoms with Crippen molar-refractivity contribution in [1.82, 2.24) is 0 Å². The van der Waals surface area contributed by atoms with Gasteiger partial charge in [0.05, 0.1) is 0 Å². The molecule has 2 nitrogen and oxygen atoms in total. The van der Waals surface area contributed by atoms with E-state index in [0.717, 1.165) is 11.3 Å². The molecule has 92 valence electrons. The van der Waals surface area contributed by atoms with Gasteiger partial charge in [-0.1, -0.05) is 32.9 Å². The molecule has 3 heteroatoms. The molecule has 16 heavy (non-hydrogen) atoms. The van der Waals surface area contributed by atoms with E-state index < -0.39 is 0 Å². The number of hydrogen-bond donors (Lipinski definition) is 3. The maximum absolute atomic E-state index is 5.87. The predicted octanol–water partition coefficient (Wildman–Crippen LogP) is 3.18. The van der Waals surface area contributed by atoms with Crippen molar-refractivity contribution < 1.29 is 0 Å². The smallest absolute Gasteiger partial charge is 0.0352 e. The highest BCUT2D eigenvalue weighted by molar-refractivity contribution is 7.81. The number of hydrogen-bond acceptors (Lipinski definition) is 3. The average Bonchev–Trinajstić information content (AvgIpc) is 1.99. The molecule has 0 spiro atoms. The van der Waals surface area contributed by atoms with Crippen LogP contribution >= 0.6 is 12.6 Å². The fourth-order valence-electron chi connectivity index (χ4n) is 0.913. The van der Waals surface area contributed by atoms with Crippen molar-refractivity contribution in [3.05, 3.63) is 29.8 Å². The Morgan fingerprint density at radius 1 is 0.938 bits per heavy atom. The highest BCUT2D eigenvalue weighted by Crippen LogP contribution is 2.17. The van der Waals surface area contributed by atoms with Gasteiger partial charge in [-0.2, -0.15) is 12.6 Å². The van der Waals surface area contributed by atoms with E-state index in [4.69, 9.17) is 11.5 Å². The molecule has 0 amide bonds. The molecular formula is C13H24N2S. The minimum absolute atomic E-state index is 0.194. The second-order valence-corrected chi connectivity index (χ2v) is 6.86. The van der Waals surface area contributed by atoms with Crippen LogP contribution in [0.2, 0.25) is 0 Å². The highest BCUT2D eigenvalue weighted by Gasteiger charge is 2.12. The van der Waals surface area contributed by atoms with E-state index in [1.807, 2.05) is 38.1 Å². The lowest BCUT2D eigenvalue weighted by Crippen LogP contribution is -2.28. The molecule has 0 bridgehead atoms. The maximum atomic E-state index is 5.87. The van der Waals surface area contributed by atoms with Gasteiger partial charge in [0.2, 0.25) is 0 Å². The predicted molar refractivity (Wildman–Crippen MR) is 76.8 cm³/mol. The molecule has 0 saturated carbocycles. The summed E-state index contributed by atoms with van der Waals surface area (Å²) in [4.78, 5) is 0. The topological polar surface area (TPSA) is 52.0 Å². The van der Waals surface area contributed by atoms with Crippen LogP contribution in [0.4, 0.5) is 5.69 Å². The molecule has 1 rings (SSSR count). The summed E-state index contributed by atoms with van der Waals surface area (Å²) < 4.78 is 0.194. The van der Waals surface area contributed by atoms with Crippen LogP contribution < -0.4 is 11.5 Å². The molecule has 0 unspecified atom stereocenters. The maximum Gasteiger partial charge on any atom is 0.0352 e. The summed E-state index contributed by atoms with van der Waals surface area (Å²) in [5.74, 6) is 0. The molecule has 0 atom stereocenters. The average molecular weight is 240 g/mol. The van der Waals surface area contributed by atoms with Crippen molar-refractivity contribution in [2.24, 2.45) is 5.73 Å². The zero-order valence-corrected chi connectivity index (χ0v) is 11.8. The number of nitrogens with two attached hydrogens (primary N) is 2. The molecule has 0 aliphatic rings. The number of rotatable bonds is 1. The van der Waals surface area contributed by atoms with E-state index in [9.17, 15) is 0 Å². The van der Waals surface area contributed by atoms with E-state index in [-0.39, 0.29) is 10.3 Å². The van der Waals surface area contributed by atoms with Crippen molar-refractivity contribution >= 4 is 18.3 Å². The van der Waals surface area contributed by atoms with Crippen LogP contribution in [-0.2, 0) is 5.54 Å². The van der Waals surface area contributed by atoms with Crippen molar-refractivity contribution in [2.45, 2.75) is 44.9 Å². The Hall–Kier alpha value is -0.670. The van der Waals surface area contributed by atoms with Crippen LogP contribution in [0, 0.1) is 0 Å². The standard InChI is InChI=1S/C9H14N2.C4H10S/c1-9(2,11)7-3-5-8(10)6-4-7;1-4(2,3)5/h3-6H,10-11H2,1-2H3;5H,1-3H3. The van der Waals surface area contributed by atoms with E-state index in [0.29, 0.717) is 0 Å².